The summed E-state index contributed by atoms with van der Waals surface area (Å²) >= 11 is 4.63. The smallest absolute Gasteiger partial charge is 0.406 e. The van der Waals surface area contributed by atoms with Crippen LogP contribution in [0.25, 0.3) is 17.1 Å². The lowest BCUT2D eigenvalue weighted by Crippen LogP contribution is -2.31. The van der Waals surface area contributed by atoms with Crippen LogP contribution in [0.1, 0.15) is 18.1 Å². The molecule has 0 aliphatic carbocycles. The zero-order valence-corrected chi connectivity index (χ0v) is 25.7. The predicted octanol–water partition coefficient (Wildman–Crippen LogP) is 7.11. The lowest BCUT2D eigenvalue weighted by molar-refractivity contribution is -0.274. The molecule has 1 saturated heterocycles. The lowest BCUT2D eigenvalue weighted by atomic mass is 10.1. The summed E-state index contributed by atoms with van der Waals surface area (Å²) in [6.45, 7) is 4.64. The Balaban J connectivity index is 1.30. The first-order valence-electron chi connectivity index (χ1n) is 13.1. The van der Waals surface area contributed by atoms with Gasteiger partial charge in [0.05, 0.1) is 29.4 Å². The lowest BCUT2D eigenvalue weighted by Gasteiger charge is -2.20. The summed E-state index contributed by atoms with van der Waals surface area (Å²) in [5.41, 5.74) is 3.91. The van der Waals surface area contributed by atoms with E-state index >= 15 is 0 Å². The quantitative estimate of drug-likeness (QED) is 0.210. The molecule has 3 amide bonds. The number of rotatable bonds is 8. The maximum Gasteiger partial charge on any atom is 0.573 e. The highest BCUT2D eigenvalue weighted by atomic mass is 79.9. The molecule has 0 saturated carbocycles. The number of hydrogen-bond acceptors (Lipinski definition) is 7. The molecule has 4 aromatic rings. The number of carbonyl (C=O) groups excluding carboxylic acids is 2. The number of amidine groups is 1. The molecule has 0 bridgehead atoms. The molecule has 1 N–H and O–H groups in total. The number of hydrogen-bond donors (Lipinski definition) is 1. The van der Waals surface area contributed by atoms with Crippen molar-refractivity contribution >= 4 is 56.2 Å². The SMILES string of the molecule is CCOCc1ccc(C)cc1N1C(=O)CSC1=NC(=O)Nc1ccc(-c2ncn(-c3ccc(OC(F)(F)F)cc3)n2)cc1Br. The first-order valence-corrected chi connectivity index (χ1v) is 14.9. The number of nitrogens with one attached hydrogen (secondary N) is 1. The van der Waals surface area contributed by atoms with Crippen LogP contribution in [0, 0.1) is 6.92 Å². The summed E-state index contributed by atoms with van der Waals surface area (Å²) in [7, 11) is 0. The van der Waals surface area contributed by atoms with E-state index in [4.69, 9.17) is 4.74 Å². The maximum atomic E-state index is 12.9. The van der Waals surface area contributed by atoms with Crippen molar-refractivity contribution in [3.63, 3.8) is 0 Å². The Morgan fingerprint density at radius 2 is 1.91 bits per heavy atom. The van der Waals surface area contributed by atoms with E-state index in [2.05, 4.69) is 41.1 Å². The number of thioether (sulfide) groups is 1. The third-order valence-corrected chi connectivity index (χ3v) is 7.78. The van der Waals surface area contributed by atoms with Crippen LogP contribution in [-0.2, 0) is 16.1 Å². The average molecular weight is 690 g/mol. The minimum absolute atomic E-state index is 0.150. The van der Waals surface area contributed by atoms with Gasteiger partial charge in [0, 0.05) is 22.2 Å². The van der Waals surface area contributed by atoms with E-state index in [1.807, 2.05) is 32.0 Å². The van der Waals surface area contributed by atoms with Crippen molar-refractivity contribution in [2.24, 2.45) is 4.99 Å². The minimum atomic E-state index is -4.78. The first-order chi connectivity index (χ1) is 21.0. The second-order valence-electron chi connectivity index (χ2n) is 9.36. The van der Waals surface area contributed by atoms with Gasteiger partial charge in [0.1, 0.15) is 12.1 Å². The van der Waals surface area contributed by atoms with Gasteiger partial charge in [-0.2, -0.15) is 4.99 Å². The van der Waals surface area contributed by atoms with E-state index in [0.29, 0.717) is 46.1 Å². The van der Waals surface area contributed by atoms with E-state index in [9.17, 15) is 22.8 Å². The van der Waals surface area contributed by atoms with Gasteiger partial charge in [-0.05, 0) is 83.9 Å². The van der Waals surface area contributed by atoms with Gasteiger partial charge in [0.25, 0.3) is 0 Å². The molecule has 0 unspecified atom stereocenters. The Bertz CT molecular complexity index is 1730. The second kappa shape index (κ2) is 13.2. The minimum Gasteiger partial charge on any atom is -0.406 e. The van der Waals surface area contributed by atoms with Gasteiger partial charge < -0.3 is 14.8 Å². The van der Waals surface area contributed by atoms with E-state index in [-0.39, 0.29) is 22.6 Å². The molecule has 5 rings (SSSR count). The summed E-state index contributed by atoms with van der Waals surface area (Å²) in [5.74, 6) is -0.0389. The molecule has 1 aliphatic heterocycles. The molecule has 0 spiro atoms. The molecule has 2 heterocycles. The van der Waals surface area contributed by atoms with Crippen LogP contribution in [0.15, 0.2) is 76.5 Å². The number of aliphatic imine (C=N–C) groups is 1. The number of benzene rings is 3. The number of halogens is 4. The molecule has 1 aromatic heterocycles. The molecule has 228 valence electrons. The van der Waals surface area contributed by atoms with E-state index < -0.39 is 12.4 Å². The van der Waals surface area contributed by atoms with Gasteiger partial charge in [-0.15, -0.1) is 18.3 Å². The van der Waals surface area contributed by atoms with Crippen LogP contribution in [0.4, 0.5) is 29.3 Å². The highest BCUT2D eigenvalue weighted by Gasteiger charge is 2.32. The van der Waals surface area contributed by atoms with Crippen molar-refractivity contribution in [2.75, 3.05) is 22.6 Å². The number of anilines is 2. The van der Waals surface area contributed by atoms with Crippen LogP contribution in [0.3, 0.4) is 0 Å². The number of urea groups is 1. The Kier molecular flexibility index (Phi) is 9.36. The number of alkyl halides is 3. The molecule has 44 heavy (non-hydrogen) atoms. The third kappa shape index (κ3) is 7.46. The highest BCUT2D eigenvalue weighted by molar-refractivity contribution is 9.10. The summed E-state index contributed by atoms with van der Waals surface area (Å²) < 4.78 is 48.7. The number of aromatic nitrogens is 3. The fraction of sp³-hybridized carbons (Fsp3) is 0.207. The van der Waals surface area contributed by atoms with Crippen LogP contribution < -0.4 is 15.0 Å². The monoisotopic (exact) mass is 688 g/mol. The topological polar surface area (TPSA) is 111 Å². The second-order valence-corrected chi connectivity index (χ2v) is 11.2. The molecule has 15 heteroatoms. The number of nitrogens with zero attached hydrogens (tertiary/aromatic N) is 5. The third-order valence-electron chi connectivity index (χ3n) is 6.20. The molecular formula is C29H24BrF3N6O4S. The fourth-order valence-electron chi connectivity index (χ4n) is 4.20. The highest BCUT2D eigenvalue weighted by Crippen LogP contribution is 2.32. The largest absolute Gasteiger partial charge is 0.573 e. The zero-order chi connectivity index (χ0) is 31.4. The number of amides is 3. The van der Waals surface area contributed by atoms with Gasteiger partial charge >= 0.3 is 12.4 Å². The van der Waals surface area contributed by atoms with Crippen molar-refractivity contribution in [1.29, 1.82) is 0 Å². The van der Waals surface area contributed by atoms with Crippen molar-refractivity contribution in [2.45, 2.75) is 26.8 Å². The summed E-state index contributed by atoms with van der Waals surface area (Å²) in [4.78, 5) is 35.7. The van der Waals surface area contributed by atoms with Gasteiger partial charge in [0.15, 0.2) is 11.0 Å². The molecule has 10 nitrogen and oxygen atoms in total. The molecule has 3 aromatic carbocycles. The molecular weight excluding hydrogens is 665 g/mol. The van der Waals surface area contributed by atoms with Crippen molar-refractivity contribution < 1.29 is 32.2 Å². The van der Waals surface area contributed by atoms with Crippen molar-refractivity contribution in [3.05, 3.63) is 82.6 Å². The fourth-order valence-corrected chi connectivity index (χ4v) is 5.54. The molecule has 0 radical (unpaired) electrons. The molecule has 0 atom stereocenters. The Hall–Kier alpha value is -4.21. The molecule has 1 aliphatic rings. The Morgan fingerprint density at radius 1 is 1.14 bits per heavy atom. The predicted molar refractivity (Wildman–Crippen MR) is 164 cm³/mol. The van der Waals surface area contributed by atoms with E-state index in [1.165, 1.54) is 51.9 Å². The number of ether oxygens (including phenoxy) is 2. The summed E-state index contributed by atoms with van der Waals surface area (Å²) in [6.07, 6.45) is -3.35. The normalized spacial score (nSPS) is 14.4. The van der Waals surface area contributed by atoms with Gasteiger partial charge in [0.2, 0.25) is 5.91 Å². The van der Waals surface area contributed by atoms with Gasteiger partial charge in [-0.25, -0.2) is 14.5 Å². The van der Waals surface area contributed by atoms with Crippen LogP contribution in [-0.4, -0.2) is 50.6 Å². The van der Waals surface area contributed by atoms with E-state index in [0.717, 1.165) is 11.1 Å². The standard InChI is InChI=1S/C29H24BrF3N6O4S/c1-3-42-14-19-5-4-17(2)12-24(19)39-25(40)15-44-28(39)36-27(41)35-23-11-6-18(13-22(23)30)26-34-16-38(37-26)20-7-9-21(10-8-20)43-29(31,32)33/h4-13,16H,3,14-15H2,1-2H3,(H,35,41). The summed E-state index contributed by atoms with van der Waals surface area (Å²) in [6, 6.07) is 15.3. The van der Waals surface area contributed by atoms with Crippen LogP contribution in [0.5, 0.6) is 5.75 Å². The summed E-state index contributed by atoms with van der Waals surface area (Å²) in [5, 5.41) is 7.38. The molecule has 1 fully saturated rings. The van der Waals surface area contributed by atoms with Crippen LogP contribution in [0.2, 0.25) is 0 Å². The van der Waals surface area contributed by atoms with Crippen LogP contribution >= 0.6 is 27.7 Å². The Morgan fingerprint density at radius 3 is 2.61 bits per heavy atom. The van der Waals surface area contributed by atoms with E-state index in [1.54, 1.807) is 18.2 Å². The number of carbonyl (C=O) groups is 2. The van der Waals surface area contributed by atoms with Crippen molar-refractivity contribution in [3.8, 4) is 22.8 Å². The van der Waals surface area contributed by atoms with Gasteiger partial charge in [-0.1, -0.05) is 23.9 Å². The van der Waals surface area contributed by atoms with Crippen molar-refractivity contribution in [1.82, 2.24) is 14.8 Å². The maximum absolute atomic E-state index is 12.9. The zero-order valence-electron chi connectivity index (χ0n) is 23.3. The first kappa shape index (κ1) is 31.2. The Labute approximate surface area is 262 Å². The van der Waals surface area contributed by atoms with Gasteiger partial charge in [-0.3, -0.25) is 9.69 Å². The number of aryl methyl sites for hydroxylation is 1. The average Bonchev–Trinajstić information content (AvgIpc) is 3.60.